The number of pyridine rings is 1. The molecule has 1 aliphatic rings. The van der Waals surface area contributed by atoms with Crippen molar-refractivity contribution < 1.29 is 13.8 Å². The lowest BCUT2D eigenvalue weighted by Gasteiger charge is -2.15. The molecule has 0 radical (unpaired) electrons. The highest BCUT2D eigenvalue weighted by molar-refractivity contribution is 5.81. The Kier molecular flexibility index (Phi) is 3.50. The average molecular weight is 357 g/mol. The maximum absolute atomic E-state index is 11.0. The van der Waals surface area contributed by atoms with Crippen LogP contribution in [0.2, 0.25) is 0 Å². The van der Waals surface area contributed by atoms with E-state index in [1.807, 2.05) is 37.3 Å². The number of rotatable bonds is 3. The SMILES string of the molecule is Cc1c(-c2ccccn2)noc1-c1onc2c1CCc1cc(C=O)ccc1-2. The van der Waals surface area contributed by atoms with Gasteiger partial charge in [0, 0.05) is 28.5 Å². The van der Waals surface area contributed by atoms with Gasteiger partial charge in [-0.05, 0) is 43.5 Å². The van der Waals surface area contributed by atoms with Crippen molar-refractivity contribution in [2.24, 2.45) is 0 Å². The summed E-state index contributed by atoms with van der Waals surface area (Å²) in [6.45, 7) is 1.94. The summed E-state index contributed by atoms with van der Waals surface area (Å²) < 4.78 is 11.3. The van der Waals surface area contributed by atoms with Crippen molar-refractivity contribution in [3.63, 3.8) is 0 Å². The van der Waals surface area contributed by atoms with Crippen LogP contribution in [-0.2, 0) is 12.8 Å². The first-order valence-electron chi connectivity index (χ1n) is 8.71. The largest absolute Gasteiger partial charge is 0.352 e. The van der Waals surface area contributed by atoms with E-state index in [1.54, 1.807) is 12.3 Å². The maximum atomic E-state index is 11.0. The molecule has 3 heterocycles. The molecule has 0 N–H and O–H groups in total. The lowest BCUT2D eigenvalue weighted by molar-refractivity contribution is 0.112. The molecule has 0 atom stereocenters. The summed E-state index contributed by atoms with van der Waals surface area (Å²) in [6, 6.07) is 11.3. The zero-order valence-corrected chi connectivity index (χ0v) is 14.6. The molecule has 6 heteroatoms. The van der Waals surface area contributed by atoms with E-state index < -0.39 is 0 Å². The molecule has 6 nitrogen and oxygen atoms in total. The molecule has 0 saturated heterocycles. The summed E-state index contributed by atoms with van der Waals surface area (Å²) >= 11 is 0. The van der Waals surface area contributed by atoms with E-state index in [0.717, 1.165) is 52.8 Å². The number of aryl methyl sites for hydroxylation is 1. The van der Waals surface area contributed by atoms with Gasteiger partial charge in [0.2, 0.25) is 11.5 Å². The second-order valence-electron chi connectivity index (χ2n) is 6.57. The van der Waals surface area contributed by atoms with Crippen LogP contribution in [-0.4, -0.2) is 21.6 Å². The van der Waals surface area contributed by atoms with Crippen molar-refractivity contribution in [1.82, 2.24) is 15.3 Å². The molecule has 0 saturated carbocycles. The van der Waals surface area contributed by atoms with Crippen LogP contribution in [0.5, 0.6) is 0 Å². The molecule has 3 aromatic heterocycles. The molecule has 1 aliphatic carbocycles. The van der Waals surface area contributed by atoms with Gasteiger partial charge in [-0.3, -0.25) is 9.78 Å². The molecule has 0 fully saturated rings. The molecule has 4 aromatic rings. The quantitative estimate of drug-likeness (QED) is 0.509. The Morgan fingerprint density at radius 3 is 2.67 bits per heavy atom. The molecule has 132 valence electrons. The third-order valence-electron chi connectivity index (χ3n) is 4.99. The Hall–Kier alpha value is -3.54. The van der Waals surface area contributed by atoms with Gasteiger partial charge in [-0.25, -0.2) is 0 Å². The first kappa shape index (κ1) is 15.7. The maximum Gasteiger partial charge on any atom is 0.209 e. The predicted molar refractivity (Wildman–Crippen MR) is 98.2 cm³/mol. The fraction of sp³-hybridized carbons (Fsp3) is 0.143. The Bertz CT molecular complexity index is 1160. The number of benzene rings is 1. The van der Waals surface area contributed by atoms with Gasteiger partial charge in [-0.15, -0.1) is 0 Å². The van der Waals surface area contributed by atoms with Crippen molar-refractivity contribution in [3.8, 4) is 34.2 Å². The third-order valence-corrected chi connectivity index (χ3v) is 4.99. The summed E-state index contributed by atoms with van der Waals surface area (Å²) in [4.78, 5) is 15.4. The first-order chi connectivity index (χ1) is 13.3. The van der Waals surface area contributed by atoms with Gasteiger partial charge in [0.1, 0.15) is 17.7 Å². The van der Waals surface area contributed by atoms with Crippen LogP contribution in [0.25, 0.3) is 34.2 Å². The highest BCUT2D eigenvalue weighted by Crippen LogP contribution is 2.41. The smallest absolute Gasteiger partial charge is 0.209 e. The minimum absolute atomic E-state index is 0.581. The van der Waals surface area contributed by atoms with E-state index in [9.17, 15) is 4.79 Å². The summed E-state index contributed by atoms with van der Waals surface area (Å²) in [5.74, 6) is 1.19. The van der Waals surface area contributed by atoms with Crippen LogP contribution in [0, 0.1) is 6.92 Å². The molecule has 5 rings (SSSR count). The standard InChI is InChI=1S/C21H15N3O3/c1-12-18(17-4-2-3-9-22-17)23-26-20(12)21-16-8-6-14-10-13(11-25)5-7-15(14)19(16)24-27-21/h2-5,7,9-11H,6,8H2,1H3. The Morgan fingerprint density at radius 2 is 1.85 bits per heavy atom. The third kappa shape index (κ3) is 2.41. The predicted octanol–water partition coefficient (Wildman–Crippen LogP) is 4.28. The normalized spacial score (nSPS) is 12.5. The van der Waals surface area contributed by atoms with Crippen molar-refractivity contribution in [2.75, 3.05) is 0 Å². The van der Waals surface area contributed by atoms with Crippen LogP contribution in [0.4, 0.5) is 0 Å². The lowest BCUT2D eigenvalue weighted by atomic mass is 9.87. The number of carbonyl (C=O) groups excluding carboxylic acids is 1. The monoisotopic (exact) mass is 357 g/mol. The van der Waals surface area contributed by atoms with Gasteiger partial charge in [0.15, 0.2) is 0 Å². The van der Waals surface area contributed by atoms with Crippen LogP contribution in [0.15, 0.2) is 51.6 Å². The highest BCUT2D eigenvalue weighted by atomic mass is 16.5. The summed E-state index contributed by atoms with van der Waals surface area (Å²) in [6.07, 6.45) is 4.17. The minimum Gasteiger partial charge on any atom is -0.352 e. The van der Waals surface area contributed by atoms with E-state index in [2.05, 4.69) is 15.3 Å². The Balaban J connectivity index is 1.61. The number of hydrogen-bond acceptors (Lipinski definition) is 6. The van der Waals surface area contributed by atoms with Crippen LogP contribution in [0.1, 0.15) is 27.0 Å². The molecule has 0 spiro atoms. The Labute approximate surface area is 154 Å². The van der Waals surface area contributed by atoms with E-state index in [1.165, 1.54) is 0 Å². The van der Waals surface area contributed by atoms with Gasteiger partial charge < -0.3 is 9.05 Å². The van der Waals surface area contributed by atoms with Crippen LogP contribution < -0.4 is 0 Å². The molecule has 0 amide bonds. The van der Waals surface area contributed by atoms with Crippen LogP contribution >= 0.6 is 0 Å². The van der Waals surface area contributed by atoms with E-state index in [0.29, 0.717) is 22.8 Å². The number of aldehydes is 1. The number of aromatic nitrogens is 3. The van der Waals surface area contributed by atoms with Crippen molar-refractivity contribution in [1.29, 1.82) is 0 Å². The van der Waals surface area contributed by atoms with E-state index in [4.69, 9.17) is 9.05 Å². The lowest BCUT2D eigenvalue weighted by Crippen LogP contribution is -2.04. The molecule has 1 aromatic carbocycles. The van der Waals surface area contributed by atoms with Gasteiger partial charge in [-0.1, -0.05) is 28.5 Å². The minimum atomic E-state index is 0.581. The zero-order chi connectivity index (χ0) is 18.4. The van der Waals surface area contributed by atoms with Gasteiger partial charge in [0.05, 0.1) is 5.69 Å². The zero-order valence-electron chi connectivity index (χ0n) is 14.6. The fourth-order valence-electron chi connectivity index (χ4n) is 3.60. The number of carbonyl (C=O) groups is 1. The molecule has 27 heavy (non-hydrogen) atoms. The van der Waals surface area contributed by atoms with Crippen molar-refractivity contribution in [2.45, 2.75) is 19.8 Å². The van der Waals surface area contributed by atoms with Gasteiger partial charge in [-0.2, -0.15) is 0 Å². The number of nitrogens with zero attached hydrogens (tertiary/aromatic N) is 3. The highest BCUT2D eigenvalue weighted by Gasteiger charge is 2.29. The Morgan fingerprint density at radius 1 is 1.00 bits per heavy atom. The molecular weight excluding hydrogens is 342 g/mol. The summed E-state index contributed by atoms with van der Waals surface area (Å²) in [7, 11) is 0. The molecule has 0 aliphatic heterocycles. The fourth-order valence-corrected chi connectivity index (χ4v) is 3.60. The second-order valence-corrected chi connectivity index (χ2v) is 6.57. The number of fused-ring (bicyclic) bond motifs is 3. The summed E-state index contributed by atoms with van der Waals surface area (Å²) in [5.41, 5.74) is 6.91. The molecule has 0 bridgehead atoms. The average Bonchev–Trinajstić information content (AvgIpc) is 3.31. The topological polar surface area (TPSA) is 82.0 Å². The first-order valence-corrected chi connectivity index (χ1v) is 8.71. The van der Waals surface area contributed by atoms with E-state index in [-0.39, 0.29) is 0 Å². The molecule has 0 unspecified atom stereocenters. The summed E-state index contributed by atoms with van der Waals surface area (Å²) in [5, 5.41) is 8.48. The van der Waals surface area contributed by atoms with Gasteiger partial charge >= 0.3 is 0 Å². The second kappa shape index (κ2) is 6.02. The number of hydrogen-bond donors (Lipinski definition) is 0. The van der Waals surface area contributed by atoms with Crippen molar-refractivity contribution in [3.05, 3.63) is 64.8 Å². The van der Waals surface area contributed by atoms with E-state index >= 15 is 0 Å². The van der Waals surface area contributed by atoms with Crippen molar-refractivity contribution >= 4 is 6.29 Å². The van der Waals surface area contributed by atoms with Gasteiger partial charge in [0.25, 0.3) is 0 Å². The molecular formula is C21H15N3O3. The van der Waals surface area contributed by atoms with Crippen LogP contribution in [0.3, 0.4) is 0 Å².